The Bertz CT molecular complexity index is 253. The number of fused-ring (bicyclic) bond motifs is 1. The number of likely N-dealkylation sites (tertiary alicyclic amines) is 1. The molecule has 2 heterocycles. The molecule has 2 atom stereocenters. The lowest BCUT2D eigenvalue weighted by Gasteiger charge is -2.24. The van der Waals surface area contributed by atoms with Crippen LogP contribution in [0.3, 0.4) is 0 Å². The van der Waals surface area contributed by atoms with Crippen molar-refractivity contribution >= 4 is 18.5 Å². The molecular weight excluding hydrogens is 228 g/mol. The van der Waals surface area contributed by atoms with Gasteiger partial charge in [0.25, 0.3) is 0 Å². The van der Waals surface area contributed by atoms with Crippen molar-refractivity contribution in [2.24, 2.45) is 11.8 Å². The Morgan fingerprint density at radius 2 is 1.75 bits per heavy atom. The predicted molar refractivity (Wildman–Crippen MR) is 64.9 cm³/mol. The summed E-state index contributed by atoms with van der Waals surface area (Å²) in [5, 5.41) is 3.35. The number of rotatable bonds is 0. The van der Waals surface area contributed by atoms with Crippen LogP contribution < -0.4 is 5.32 Å². The predicted octanol–water partition coefficient (Wildman–Crippen LogP) is 1.49. The van der Waals surface area contributed by atoms with Gasteiger partial charge in [-0.05, 0) is 32.6 Å². The number of hydrogen-bond acceptors (Lipinski definition) is 3. The molecule has 0 spiro atoms. The fourth-order valence-electron chi connectivity index (χ4n) is 2.33. The SMILES string of the molecule is CC(C)(C)OC(=O)N1C[C@H]2CNC[C@H]2C1.Cl. The molecule has 0 radical (unpaired) electrons. The molecule has 2 aliphatic heterocycles. The van der Waals surface area contributed by atoms with Crippen molar-refractivity contribution in [2.45, 2.75) is 26.4 Å². The van der Waals surface area contributed by atoms with Crippen LogP contribution in [0.2, 0.25) is 0 Å². The monoisotopic (exact) mass is 248 g/mol. The van der Waals surface area contributed by atoms with Crippen LogP contribution in [0.25, 0.3) is 0 Å². The molecule has 1 N–H and O–H groups in total. The summed E-state index contributed by atoms with van der Waals surface area (Å²) in [6.07, 6.45) is -0.156. The quantitative estimate of drug-likeness (QED) is 0.706. The summed E-state index contributed by atoms with van der Waals surface area (Å²) in [5.74, 6) is 1.27. The molecule has 94 valence electrons. The molecule has 0 saturated carbocycles. The molecule has 2 rings (SSSR count). The lowest BCUT2D eigenvalue weighted by atomic mass is 10.0. The van der Waals surface area contributed by atoms with E-state index in [9.17, 15) is 4.79 Å². The van der Waals surface area contributed by atoms with Crippen molar-refractivity contribution in [2.75, 3.05) is 26.2 Å². The minimum absolute atomic E-state index is 0. The summed E-state index contributed by atoms with van der Waals surface area (Å²) < 4.78 is 5.35. The fraction of sp³-hybridized carbons (Fsp3) is 0.909. The minimum Gasteiger partial charge on any atom is -0.444 e. The van der Waals surface area contributed by atoms with Crippen LogP contribution in [-0.4, -0.2) is 42.8 Å². The maximum Gasteiger partial charge on any atom is 0.410 e. The van der Waals surface area contributed by atoms with Gasteiger partial charge in [-0.25, -0.2) is 4.79 Å². The van der Waals surface area contributed by atoms with Crippen LogP contribution in [0.15, 0.2) is 0 Å². The van der Waals surface area contributed by atoms with E-state index in [1.807, 2.05) is 25.7 Å². The molecule has 0 aromatic heterocycles. The number of nitrogens with one attached hydrogen (secondary N) is 1. The smallest absolute Gasteiger partial charge is 0.410 e. The van der Waals surface area contributed by atoms with Crippen molar-refractivity contribution in [3.8, 4) is 0 Å². The molecule has 5 heteroatoms. The summed E-state index contributed by atoms with van der Waals surface area (Å²) in [7, 11) is 0. The first kappa shape index (κ1) is 13.6. The molecule has 2 fully saturated rings. The van der Waals surface area contributed by atoms with E-state index in [-0.39, 0.29) is 24.1 Å². The van der Waals surface area contributed by atoms with Crippen molar-refractivity contribution in [1.82, 2.24) is 10.2 Å². The first-order chi connectivity index (χ1) is 6.96. The van der Waals surface area contributed by atoms with Gasteiger partial charge in [0.05, 0.1) is 0 Å². The number of amides is 1. The molecule has 4 nitrogen and oxygen atoms in total. The second-order valence-corrected chi connectivity index (χ2v) is 5.56. The van der Waals surface area contributed by atoms with Gasteiger partial charge < -0.3 is 15.0 Å². The average Bonchev–Trinajstić information content (AvgIpc) is 2.56. The number of ether oxygens (including phenoxy) is 1. The van der Waals surface area contributed by atoms with E-state index in [4.69, 9.17) is 4.74 Å². The van der Waals surface area contributed by atoms with Crippen LogP contribution in [0, 0.1) is 11.8 Å². The zero-order valence-electron chi connectivity index (χ0n) is 10.2. The lowest BCUT2D eigenvalue weighted by molar-refractivity contribution is 0.0281. The molecule has 16 heavy (non-hydrogen) atoms. The van der Waals surface area contributed by atoms with E-state index in [0.29, 0.717) is 11.8 Å². The van der Waals surface area contributed by atoms with Crippen LogP contribution in [0.5, 0.6) is 0 Å². The first-order valence-corrected chi connectivity index (χ1v) is 5.64. The number of hydrogen-bond donors (Lipinski definition) is 1. The van der Waals surface area contributed by atoms with Gasteiger partial charge in [-0.1, -0.05) is 0 Å². The summed E-state index contributed by atoms with van der Waals surface area (Å²) >= 11 is 0. The van der Waals surface area contributed by atoms with Crippen molar-refractivity contribution in [1.29, 1.82) is 0 Å². The lowest BCUT2D eigenvalue weighted by Crippen LogP contribution is -2.36. The van der Waals surface area contributed by atoms with E-state index in [2.05, 4.69) is 5.32 Å². The molecule has 0 aliphatic carbocycles. The topological polar surface area (TPSA) is 41.6 Å². The molecule has 0 unspecified atom stereocenters. The largest absolute Gasteiger partial charge is 0.444 e. The van der Waals surface area contributed by atoms with Gasteiger partial charge in [0.15, 0.2) is 0 Å². The van der Waals surface area contributed by atoms with Crippen LogP contribution >= 0.6 is 12.4 Å². The molecule has 0 aromatic rings. The van der Waals surface area contributed by atoms with E-state index in [1.165, 1.54) is 0 Å². The van der Waals surface area contributed by atoms with Gasteiger partial charge in [-0.3, -0.25) is 0 Å². The number of carbonyl (C=O) groups excluding carboxylic acids is 1. The Morgan fingerprint density at radius 1 is 1.25 bits per heavy atom. The Morgan fingerprint density at radius 3 is 2.19 bits per heavy atom. The van der Waals surface area contributed by atoms with Gasteiger partial charge in [-0.2, -0.15) is 0 Å². The molecular formula is C11H21ClN2O2. The normalized spacial score (nSPS) is 28.6. The maximum atomic E-state index is 11.8. The zero-order chi connectivity index (χ0) is 11.1. The number of nitrogens with zero attached hydrogens (tertiary/aromatic N) is 1. The summed E-state index contributed by atoms with van der Waals surface area (Å²) in [4.78, 5) is 13.6. The summed E-state index contributed by atoms with van der Waals surface area (Å²) in [6, 6.07) is 0. The Balaban J connectivity index is 0.00000128. The Kier molecular flexibility index (Phi) is 4.07. The van der Waals surface area contributed by atoms with E-state index < -0.39 is 0 Å². The molecule has 2 aliphatic rings. The molecule has 0 bridgehead atoms. The fourth-order valence-corrected chi connectivity index (χ4v) is 2.33. The van der Waals surface area contributed by atoms with Crippen LogP contribution in [0.4, 0.5) is 4.79 Å². The Labute approximate surface area is 103 Å². The van der Waals surface area contributed by atoms with Crippen molar-refractivity contribution in [3.63, 3.8) is 0 Å². The van der Waals surface area contributed by atoms with E-state index in [0.717, 1.165) is 26.2 Å². The highest BCUT2D eigenvalue weighted by Gasteiger charge is 2.39. The van der Waals surface area contributed by atoms with Gasteiger partial charge in [0.2, 0.25) is 0 Å². The minimum atomic E-state index is -0.382. The average molecular weight is 249 g/mol. The second-order valence-electron chi connectivity index (χ2n) is 5.56. The first-order valence-electron chi connectivity index (χ1n) is 5.64. The summed E-state index contributed by atoms with van der Waals surface area (Å²) in [5.41, 5.74) is -0.382. The second kappa shape index (κ2) is 4.80. The van der Waals surface area contributed by atoms with Gasteiger partial charge in [0, 0.05) is 26.2 Å². The number of halogens is 1. The van der Waals surface area contributed by atoms with Crippen molar-refractivity contribution in [3.05, 3.63) is 0 Å². The third-order valence-electron chi connectivity index (χ3n) is 3.04. The van der Waals surface area contributed by atoms with Gasteiger partial charge in [0.1, 0.15) is 5.60 Å². The summed E-state index contributed by atoms with van der Waals surface area (Å²) in [6.45, 7) is 9.52. The third kappa shape index (κ3) is 3.01. The van der Waals surface area contributed by atoms with Crippen molar-refractivity contribution < 1.29 is 9.53 Å². The Hall–Kier alpha value is -0.480. The van der Waals surface area contributed by atoms with Crippen LogP contribution in [-0.2, 0) is 4.74 Å². The zero-order valence-corrected chi connectivity index (χ0v) is 11.0. The standard InChI is InChI=1S/C11H20N2O2.ClH/c1-11(2,3)15-10(14)13-6-8-4-12-5-9(8)7-13;/h8-9,12H,4-7H2,1-3H3;1H/t8-,9+;. The maximum absolute atomic E-state index is 11.8. The molecule has 0 aromatic carbocycles. The van der Waals surface area contributed by atoms with Gasteiger partial charge in [-0.15, -0.1) is 12.4 Å². The third-order valence-corrected chi connectivity index (χ3v) is 3.04. The van der Waals surface area contributed by atoms with E-state index in [1.54, 1.807) is 0 Å². The van der Waals surface area contributed by atoms with Crippen LogP contribution in [0.1, 0.15) is 20.8 Å². The highest BCUT2D eigenvalue weighted by atomic mass is 35.5. The number of carbonyl (C=O) groups is 1. The highest BCUT2D eigenvalue weighted by molar-refractivity contribution is 5.85. The molecule has 2 saturated heterocycles. The van der Waals surface area contributed by atoms with Gasteiger partial charge >= 0.3 is 6.09 Å². The molecule has 1 amide bonds. The highest BCUT2D eigenvalue weighted by Crippen LogP contribution is 2.27. The van der Waals surface area contributed by atoms with E-state index >= 15 is 0 Å².